The lowest BCUT2D eigenvalue weighted by Crippen LogP contribution is -2.37. The Hall–Kier alpha value is -2.07. The molecule has 0 aromatic heterocycles. The summed E-state index contributed by atoms with van der Waals surface area (Å²) in [5.41, 5.74) is 0. The summed E-state index contributed by atoms with van der Waals surface area (Å²) in [7, 11) is 1.12. The third-order valence-corrected chi connectivity index (χ3v) is 11.2. The van der Waals surface area contributed by atoms with Crippen LogP contribution in [-0.4, -0.2) is 82.2 Å². The van der Waals surface area contributed by atoms with Crippen LogP contribution in [0.3, 0.4) is 0 Å². The molecule has 342 valence electrons. The van der Waals surface area contributed by atoms with E-state index in [0.29, 0.717) is 23.9 Å². The van der Waals surface area contributed by atoms with E-state index in [1.165, 1.54) is 83.5 Å². The van der Waals surface area contributed by atoms with E-state index in [1.807, 2.05) is 21.1 Å². The molecular weight excluding hydrogens is 765 g/mol. The summed E-state index contributed by atoms with van der Waals surface area (Å²) in [4.78, 5) is 37.6. The third kappa shape index (κ3) is 37.4. The number of quaternary nitrogens is 1. The maximum Gasteiger partial charge on any atom is 0.306 e. The van der Waals surface area contributed by atoms with Crippen LogP contribution in [0.1, 0.15) is 181 Å². The summed E-state index contributed by atoms with van der Waals surface area (Å²) >= 11 is 0. The molecule has 1 aliphatic heterocycles. The minimum atomic E-state index is -4.65. The SMILES string of the molecule is CCCCC/C=C\C/C=C\CC1OC1C/C=C\CCCC(=O)OC[C@H](COP(=O)([O-])OCC[N+](C)(C)C)OC(=O)CCCCCCCCC/C=C\CCCCCCCC. The molecule has 4 atom stereocenters. The number of allylic oxidation sites excluding steroid dienone is 6. The molecule has 0 aliphatic carbocycles. The monoisotopic (exact) mass is 852 g/mol. The first kappa shape index (κ1) is 54.9. The van der Waals surface area contributed by atoms with Crippen LogP contribution in [-0.2, 0) is 37.4 Å². The Balaban J connectivity index is 2.31. The first-order valence-electron chi connectivity index (χ1n) is 23.5. The third-order valence-electron chi connectivity index (χ3n) is 10.2. The molecule has 0 aromatic rings. The number of epoxide rings is 1. The van der Waals surface area contributed by atoms with Gasteiger partial charge in [0.15, 0.2) is 6.10 Å². The summed E-state index contributed by atoms with van der Waals surface area (Å²) in [5.74, 6) is -0.913. The van der Waals surface area contributed by atoms with Crippen molar-refractivity contribution >= 4 is 19.8 Å². The molecule has 1 rings (SSSR count). The molecule has 0 amide bonds. The average Bonchev–Trinajstić information content (AvgIpc) is 3.94. The van der Waals surface area contributed by atoms with E-state index in [4.69, 9.17) is 23.3 Å². The summed E-state index contributed by atoms with van der Waals surface area (Å²) in [6, 6.07) is 0. The molecule has 1 heterocycles. The number of ether oxygens (including phenoxy) is 3. The molecule has 11 heteroatoms. The van der Waals surface area contributed by atoms with Gasteiger partial charge in [-0.05, 0) is 77.0 Å². The van der Waals surface area contributed by atoms with E-state index in [2.05, 4.69) is 62.5 Å². The summed E-state index contributed by atoms with van der Waals surface area (Å²) < 4.78 is 39.7. The minimum Gasteiger partial charge on any atom is -0.756 e. The van der Waals surface area contributed by atoms with Gasteiger partial charge in [0.25, 0.3) is 7.82 Å². The normalized spacial score (nSPS) is 17.4. The lowest BCUT2D eigenvalue weighted by molar-refractivity contribution is -0.870. The number of esters is 2. The second kappa shape index (κ2) is 36.6. The van der Waals surface area contributed by atoms with E-state index in [0.717, 1.165) is 57.8 Å². The zero-order valence-corrected chi connectivity index (χ0v) is 39.0. The van der Waals surface area contributed by atoms with Gasteiger partial charge < -0.3 is 32.6 Å². The van der Waals surface area contributed by atoms with Gasteiger partial charge in [-0.1, -0.05) is 140 Å². The molecule has 59 heavy (non-hydrogen) atoms. The van der Waals surface area contributed by atoms with E-state index in [1.54, 1.807) is 0 Å². The maximum absolute atomic E-state index is 12.7. The molecule has 0 bridgehead atoms. The van der Waals surface area contributed by atoms with Crippen molar-refractivity contribution in [3.05, 3.63) is 48.6 Å². The van der Waals surface area contributed by atoms with Crippen LogP contribution in [0.4, 0.5) is 0 Å². The van der Waals surface area contributed by atoms with E-state index < -0.39 is 32.5 Å². The highest BCUT2D eigenvalue weighted by atomic mass is 31.2. The molecule has 10 nitrogen and oxygen atoms in total. The van der Waals surface area contributed by atoms with Gasteiger partial charge in [0, 0.05) is 12.8 Å². The van der Waals surface area contributed by atoms with Crippen molar-refractivity contribution in [2.75, 3.05) is 47.5 Å². The Morgan fingerprint density at radius 3 is 1.71 bits per heavy atom. The topological polar surface area (TPSA) is 124 Å². The molecule has 0 aromatic carbocycles. The Bertz CT molecular complexity index is 1210. The average molecular weight is 852 g/mol. The molecular formula is C48H86NO9P. The number of hydrogen-bond acceptors (Lipinski definition) is 9. The number of nitrogens with zero attached hydrogens (tertiary/aromatic N) is 1. The van der Waals surface area contributed by atoms with Gasteiger partial charge in [0.05, 0.1) is 40.0 Å². The number of carbonyl (C=O) groups excluding carboxylic acids is 2. The predicted molar refractivity (Wildman–Crippen MR) is 240 cm³/mol. The highest BCUT2D eigenvalue weighted by Crippen LogP contribution is 2.38. The predicted octanol–water partition coefficient (Wildman–Crippen LogP) is 11.8. The first-order chi connectivity index (χ1) is 28.5. The number of phosphoric ester groups is 1. The van der Waals surface area contributed by atoms with Gasteiger partial charge in [-0.25, -0.2) is 0 Å². The van der Waals surface area contributed by atoms with Crippen LogP contribution in [0.5, 0.6) is 0 Å². The van der Waals surface area contributed by atoms with Gasteiger partial charge in [-0.15, -0.1) is 0 Å². The Morgan fingerprint density at radius 2 is 1.08 bits per heavy atom. The zero-order valence-electron chi connectivity index (χ0n) is 38.1. The van der Waals surface area contributed by atoms with Crippen molar-refractivity contribution in [2.24, 2.45) is 0 Å². The molecule has 3 unspecified atom stereocenters. The van der Waals surface area contributed by atoms with Gasteiger partial charge >= 0.3 is 11.9 Å². The fourth-order valence-electron chi connectivity index (χ4n) is 6.39. The standard InChI is InChI=1S/C48H86NO9P/c1-6-8-10-12-14-16-17-18-19-20-21-22-23-25-27-29-35-39-48(51)57-44(43-56-59(52,53)55-41-40-49(3,4)5)42-54-47(50)38-34-31-30-33-37-46-45(58-46)36-32-28-26-24-15-13-11-9-7-2/h15,18-19,24,28,30,32-33,44-46H,6-14,16-17,20-23,25-27,29,31,34-43H2,1-5H3/b19-18-,24-15-,32-28-,33-30-/t44-,45?,46?/m1/s1. The van der Waals surface area contributed by atoms with Gasteiger partial charge in [0.1, 0.15) is 19.8 Å². The molecule has 1 aliphatic rings. The summed E-state index contributed by atoms with van der Waals surface area (Å²) in [6.07, 6.45) is 44.5. The minimum absolute atomic E-state index is 0.0442. The number of phosphoric acid groups is 1. The van der Waals surface area contributed by atoms with Crippen LogP contribution in [0.25, 0.3) is 0 Å². The smallest absolute Gasteiger partial charge is 0.306 e. The summed E-state index contributed by atoms with van der Waals surface area (Å²) in [6.45, 7) is 4.11. The lowest BCUT2D eigenvalue weighted by atomic mass is 10.1. The van der Waals surface area contributed by atoms with Crippen LogP contribution in [0.2, 0.25) is 0 Å². The molecule has 1 saturated heterocycles. The van der Waals surface area contributed by atoms with Crippen molar-refractivity contribution in [1.82, 2.24) is 0 Å². The van der Waals surface area contributed by atoms with Crippen LogP contribution >= 0.6 is 7.82 Å². The molecule has 0 radical (unpaired) electrons. The van der Waals surface area contributed by atoms with E-state index >= 15 is 0 Å². The van der Waals surface area contributed by atoms with Gasteiger partial charge in [0.2, 0.25) is 0 Å². The maximum atomic E-state index is 12.7. The number of carbonyl (C=O) groups is 2. The Kier molecular flexibility index (Phi) is 34.1. The molecule has 0 saturated carbocycles. The number of hydrogen-bond donors (Lipinski definition) is 0. The second-order valence-electron chi connectivity index (χ2n) is 17.1. The van der Waals surface area contributed by atoms with Crippen molar-refractivity contribution in [1.29, 1.82) is 0 Å². The van der Waals surface area contributed by atoms with Crippen molar-refractivity contribution in [3.8, 4) is 0 Å². The van der Waals surface area contributed by atoms with Crippen LogP contribution in [0.15, 0.2) is 48.6 Å². The summed E-state index contributed by atoms with van der Waals surface area (Å²) in [5, 5.41) is 0. The first-order valence-corrected chi connectivity index (χ1v) is 24.9. The fraction of sp³-hybridized carbons (Fsp3) is 0.792. The molecule has 0 spiro atoms. The number of likely N-dealkylation sites (N-methyl/N-ethyl adjacent to an activating group) is 1. The number of rotatable bonds is 41. The fourth-order valence-corrected chi connectivity index (χ4v) is 7.12. The Morgan fingerprint density at radius 1 is 0.610 bits per heavy atom. The highest BCUT2D eigenvalue weighted by Gasteiger charge is 2.36. The van der Waals surface area contributed by atoms with Gasteiger partial charge in [-0.2, -0.15) is 0 Å². The van der Waals surface area contributed by atoms with Crippen molar-refractivity contribution in [3.63, 3.8) is 0 Å². The van der Waals surface area contributed by atoms with E-state index in [9.17, 15) is 19.0 Å². The van der Waals surface area contributed by atoms with Crippen molar-refractivity contribution in [2.45, 2.75) is 199 Å². The van der Waals surface area contributed by atoms with Crippen molar-refractivity contribution < 1.29 is 46.8 Å². The largest absolute Gasteiger partial charge is 0.756 e. The molecule has 1 fully saturated rings. The van der Waals surface area contributed by atoms with Gasteiger partial charge in [-0.3, -0.25) is 14.2 Å². The lowest BCUT2D eigenvalue weighted by Gasteiger charge is -2.28. The van der Waals surface area contributed by atoms with Crippen LogP contribution in [0, 0.1) is 0 Å². The Labute approximate surface area is 360 Å². The molecule has 0 N–H and O–H groups in total. The van der Waals surface area contributed by atoms with Crippen LogP contribution < -0.4 is 4.89 Å². The number of unbranched alkanes of at least 4 members (excludes halogenated alkanes) is 17. The van der Waals surface area contributed by atoms with E-state index in [-0.39, 0.29) is 38.3 Å². The zero-order chi connectivity index (χ0) is 43.3. The highest BCUT2D eigenvalue weighted by molar-refractivity contribution is 7.45. The quantitative estimate of drug-likeness (QED) is 0.0148. The second-order valence-corrected chi connectivity index (χ2v) is 18.6.